The molecule has 470 valence electrons. The number of benzene rings is 15. The fraction of sp³-hybridized carbons (Fsp3) is 0. The van der Waals surface area contributed by atoms with Crippen molar-refractivity contribution in [3.63, 3.8) is 0 Å². The first-order valence-electron chi connectivity index (χ1n) is 34.4. The van der Waals surface area contributed by atoms with E-state index in [1.54, 1.807) is 0 Å². The van der Waals surface area contributed by atoms with Crippen molar-refractivity contribution in [2.24, 2.45) is 0 Å². The van der Waals surface area contributed by atoms with Gasteiger partial charge in [0.2, 0.25) is 0 Å². The third-order valence-electron chi connectivity index (χ3n) is 21.2. The molecule has 101 heavy (non-hydrogen) atoms. The van der Waals surface area contributed by atoms with Crippen molar-refractivity contribution < 1.29 is 4.74 Å². The van der Waals surface area contributed by atoms with E-state index >= 15 is 0 Å². The van der Waals surface area contributed by atoms with Crippen LogP contribution in [0.15, 0.2) is 334 Å². The molecule has 0 unspecified atom stereocenters. The Labute approximate surface area is 596 Å². The van der Waals surface area contributed by atoms with Crippen LogP contribution in [-0.2, 0) is 0 Å². The number of ether oxygens (including phenoxy) is 1. The monoisotopic (exact) mass is 1340 g/mol. The predicted molar refractivity (Wildman–Crippen MR) is 434 cm³/mol. The van der Waals surface area contributed by atoms with Crippen molar-refractivity contribution in [3.8, 4) is 11.5 Å². The molecule has 7 heterocycles. The zero-order valence-electron chi connectivity index (χ0n) is 54.3. The summed E-state index contributed by atoms with van der Waals surface area (Å²) in [6.45, 7) is -0.417. The molecule has 0 radical (unpaired) electrons. The van der Waals surface area contributed by atoms with Crippen LogP contribution in [-0.4, -0.2) is 13.4 Å². The average molecular weight is 1340 g/mol. The number of nitrogens with zero attached hydrogens (tertiary/aromatic N) is 5. The van der Waals surface area contributed by atoms with Crippen molar-refractivity contribution >= 4 is 226 Å². The number of hydrogen-bond donors (Lipinski definition) is 0. The zero-order valence-corrected chi connectivity index (χ0v) is 56.7. The van der Waals surface area contributed by atoms with E-state index < -0.39 is 0 Å². The standard InChI is InChI=1S/C90H55B2N5OS3/c1-5-26-56(27-6-1)93(74-44-23-37-65-62-34-13-20-47-83(62)99-88(65)74)60-50-78-86-79(51-60)97(76-46-25-39-67-64-36-15-22-49-85(64)101-90(67)76)73-43-19-17-41-69(73)91(86)70-54-71-81(55-77(70)96(78)59-32-11-4-12-33-59)98-82-53-61(52-80-87(82)92(71)68-40-16-18-42-72(68)95(80)58-30-9-3-10-31-58)94(57-28-7-2-8-29-57)75-45-24-38-66-63-35-14-21-48-84(63)100-89(66)75/h1-55H. The maximum Gasteiger partial charge on any atom is 0.256 e. The summed E-state index contributed by atoms with van der Waals surface area (Å²) in [5.74, 6) is 1.65. The number of rotatable bonds is 9. The molecule has 0 bridgehead atoms. The van der Waals surface area contributed by atoms with Crippen LogP contribution in [0.25, 0.3) is 60.5 Å². The Morgan fingerprint density at radius 1 is 0.248 bits per heavy atom. The van der Waals surface area contributed by atoms with Gasteiger partial charge in [0.05, 0.1) is 42.5 Å². The summed E-state index contributed by atoms with van der Waals surface area (Å²) in [5, 5.41) is 7.54. The average Bonchev–Trinajstić information content (AvgIpc) is 1.30. The topological polar surface area (TPSA) is 25.4 Å². The van der Waals surface area contributed by atoms with Crippen molar-refractivity contribution in [1.29, 1.82) is 0 Å². The van der Waals surface area contributed by atoms with Crippen LogP contribution in [0, 0.1) is 0 Å². The Bertz CT molecular complexity index is 6460. The second-order valence-corrected chi connectivity index (χ2v) is 29.7. The Morgan fingerprint density at radius 2 is 0.644 bits per heavy atom. The minimum absolute atomic E-state index is 0.208. The van der Waals surface area contributed by atoms with Gasteiger partial charge in [0.1, 0.15) is 11.5 Å². The number of hydrogen-bond acceptors (Lipinski definition) is 9. The SMILES string of the molecule is c1ccc(N2c3ccccc3B3c4cc5c(cc4Oc4cc(N(c6ccccc6)c6cccc7c6sc6ccccc67)cc2c43)N(c2ccccc2)c2cc(N(c3ccccc3)c3cccc4c3sc3ccccc34)cc3c2B5c2ccccc2N3c2cccc3c2sc2ccccc23)cc1. The highest BCUT2D eigenvalue weighted by Crippen LogP contribution is 2.55. The lowest BCUT2D eigenvalue weighted by atomic mass is 9.30. The smallest absolute Gasteiger partial charge is 0.256 e. The van der Waals surface area contributed by atoms with Gasteiger partial charge >= 0.3 is 0 Å². The molecule has 22 rings (SSSR count). The van der Waals surface area contributed by atoms with E-state index in [0.29, 0.717) is 0 Å². The van der Waals surface area contributed by atoms with Gasteiger partial charge in [0, 0.05) is 115 Å². The van der Waals surface area contributed by atoms with Gasteiger partial charge in [0.15, 0.2) is 0 Å². The molecule has 18 aromatic rings. The van der Waals surface area contributed by atoms with Gasteiger partial charge in [0.25, 0.3) is 13.4 Å². The molecule has 0 saturated carbocycles. The summed E-state index contributed by atoms with van der Waals surface area (Å²) in [7, 11) is 0. The molecule has 0 N–H and O–H groups in total. The highest BCUT2D eigenvalue weighted by atomic mass is 32.1. The molecular weight excluding hydrogens is 1280 g/mol. The van der Waals surface area contributed by atoms with Gasteiger partial charge in [-0.15, -0.1) is 34.0 Å². The second-order valence-electron chi connectivity index (χ2n) is 26.6. The molecule has 4 aliphatic rings. The molecule has 0 saturated heterocycles. The molecule has 0 atom stereocenters. The van der Waals surface area contributed by atoms with E-state index in [9.17, 15) is 0 Å². The van der Waals surface area contributed by atoms with Crippen LogP contribution in [0.3, 0.4) is 0 Å². The molecule has 3 aromatic heterocycles. The summed E-state index contributed by atoms with van der Waals surface area (Å²) in [6.07, 6.45) is 0. The molecule has 6 nitrogen and oxygen atoms in total. The molecule has 11 heteroatoms. The first-order valence-corrected chi connectivity index (χ1v) is 36.9. The molecule has 15 aromatic carbocycles. The third-order valence-corrected chi connectivity index (χ3v) is 24.8. The molecule has 0 amide bonds. The van der Waals surface area contributed by atoms with Crippen LogP contribution >= 0.6 is 34.0 Å². The number of fused-ring (bicyclic) bond motifs is 17. The zero-order chi connectivity index (χ0) is 66.0. The Morgan fingerprint density at radius 3 is 1.20 bits per heavy atom. The fourth-order valence-corrected chi connectivity index (χ4v) is 20.7. The highest BCUT2D eigenvalue weighted by molar-refractivity contribution is 7.27. The Kier molecular flexibility index (Phi) is 12.5. The van der Waals surface area contributed by atoms with Gasteiger partial charge in [-0.3, -0.25) is 0 Å². The maximum absolute atomic E-state index is 7.93. The van der Waals surface area contributed by atoms with Crippen LogP contribution in [0.4, 0.5) is 85.3 Å². The lowest BCUT2D eigenvalue weighted by molar-refractivity contribution is 0.488. The van der Waals surface area contributed by atoms with Gasteiger partial charge in [-0.05, 0) is 148 Å². The fourth-order valence-electron chi connectivity index (χ4n) is 17.1. The molecule has 0 aliphatic carbocycles. The molecular formula is C90H55B2N5OS3. The van der Waals surface area contributed by atoms with Crippen LogP contribution in [0.1, 0.15) is 0 Å². The summed E-state index contributed by atoms with van der Waals surface area (Å²) in [4.78, 5) is 12.6. The first-order chi connectivity index (χ1) is 50.1. The van der Waals surface area contributed by atoms with Gasteiger partial charge in [-0.1, -0.05) is 206 Å². The lowest BCUT2D eigenvalue weighted by Gasteiger charge is -2.46. The van der Waals surface area contributed by atoms with Crippen molar-refractivity contribution in [1.82, 2.24) is 0 Å². The highest BCUT2D eigenvalue weighted by Gasteiger charge is 2.48. The van der Waals surface area contributed by atoms with Crippen LogP contribution < -0.4 is 62.0 Å². The van der Waals surface area contributed by atoms with Crippen molar-refractivity contribution in [2.75, 3.05) is 24.5 Å². The number of anilines is 15. The minimum atomic E-state index is -0.210. The Hall–Kier alpha value is -12.1. The first kappa shape index (κ1) is 56.9. The minimum Gasteiger partial charge on any atom is -0.458 e. The van der Waals surface area contributed by atoms with Crippen LogP contribution in [0.2, 0.25) is 0 Å². The second kappa shape index (κ2) is 22.2. The largest absolute Gasteiger partial charge is 0.458 e. The van der Waals surface area contributed by atoms with E-state index in [4.69, 9.17) is 4.74 Å². The predicted octanol–water partition coefficient (Wildman–Crippen LogP) is 22.2. The van der Waals surface area contributed by atoms with E-state index in [2.05, 4.69) is 358 Å². The maximum atomic E-state index is 7.93. The Balaban J connectivity index is 0.824. The number of thiophene rings is 3. The normalized spacial score (nSPS) is 13.1. The van der Waals surface area contributed by atoms with Crippen molar-refractivity contribution in [3.05, 3.63) is 334 Å². The van der Waals surface area contributed by atoms with Gasteiger partial charge < -0.3 is 29.2 Å². The lowest BCUT2D eigenvalue weighted by Crippen LogP contribution is -2.64. The van der Waals surface area contributed by atoms with Gasteiger partial charge in [-0.25, -0.2) is 0 Å². The van der Waals surface area contributed by atoms with E-state index in [1.165, 1.54) is 82.4 Å². The van der Waals surface area contributed by atoms with E-state index in [-0.39, 0.29) is 13.4 Å². The van der Waals surface area contributed by atoms with Crippen LogP contribution in [0.5, 0.6) is 11.5 Å². The number of para-hydroxylation sites is 6. The third kappa shape index (κ3) is 8.46. The summed E-state index contributed by atoms with van der Waals surface area (Å²) >= 11 is 5.60. The summed E-state index contributed by atoms with van der Waals surface area (Å²) < 4.78 is 15.4. The molecule has 0 fully saturated rings. The molecule has 0 spiro atoms. The summed E-state index contributed by atoms with van der Waals surface area (Å²) in [5.41, 5.74) is 23.6. The summed E-state index contributed by atoms with van der Waals surface area (Å²) in [6, 6.07) is 124. The van der Waals surface area contributed by atoms with E-state index in [0.717, 1.165) is 108 Å². The van der Waals surface area contributed by atoms with Gasteiger partial charge in [-0.2, -0.15) is 0 Å². The molecule has 4 aliphatic heterocycles. The quantitative estimate of drug-likeness (QED) is 0.134. The van der Waals surface area contributed by atoms with Crippen molar-refractivity contribution in [2.45, 2.75) is 0 Å². The van der Waals surface area contributed by atoms with E-state index in [1.807, 2.05) is 34.0 Å².